The Labute approximate surface area is 148 Å². The predicted octanol–water partition coefficient (Wildman–Crippen LogP) is 1.91. The highest BCUT2D eigenvalue weighted by atomic mass is 32.2. The van der Waals surface area contributed by atoms with Crippen molar-refractivity contribution in [1.82, 2.24) is 0 Å². The quantitative estimate of drug-likeness (QED) is 0.838. The van der Waals surface area contributed by atoms with Crippen molar-refractivity contribution in [3.8, 4) is 0 Å². The first kappa shape index (κ1) is 17.4. The number of anilines is 2. The molecule has 0 saturated carbocycles. The zero-order valence-electron chi connectivity index (χ0n) is 13.2. The Morgan fingerprint density at radius 2 is 2.12 bits per heavy atom. The fourth-order valence-corrected chi connectivity index (χ4v) is 4.24. The molecule has 0 aliphatic carbocycles. The van der Waals surface area contributed by atoms with E-state index in [-0.39, 0.29) is 9.09 Å². The van der Waals surface area contributed by atoms with Crippen molar-refractivity contribution < 1.29 is 22.7 Å². The first-order valence-electron chi connectivity index (χ1n) is 7.24. The lowest BCUT2D eigenvalue weighted by atomic mass is 10.2. The average Bonchev–Trinajstić information content (AvgIpc) is 3.13. The van der Waals surface area contributed by atoms with Crippen LogP contribution >= 0.6 is 11.3 Å². The number of ether oxygens (including phenoxy) is 1. The Morgan fingerprint density at radius 1 is 1.36 bits per heavy atom. The number of nitrogens with two attached hydrogens (primary N) is 1. The summed E-state index contributed by atoms with van der Waals surface area (Å²) >= 11 is 0.814. The number of carbonyl (C=O) groups excluding carboxylic acids is 2. The molecule has 1 aromatic carbocycles. The lowest BCUT2D eigenvalue weighted by Gasteiger charge is -2.14. The van der Waals surface area contributed by atoms with Gasteiger partial charge in [-0.2, -0.15) is 0 Å². The molecule has 1 saturated heterocycles. The van der Waals surface area contributed by atoms with Gasteiger partial charge in [0.2, 0.25) is 10.0 Å². The molecule has 2 amide bonds. The van der Waals surface area contributed by atoms with Crippen LogP contribution in [0.2, 0.25) is 0 Å². The number of sulfonamides is 1. The van der Waals surface area contributed by atoms with Crippen molar-refractivity contribution in [3.05, 3.63) is 40.8 Å². The second-order valence-electron chi connectivity index (χ2n) is 5.39. The third-order valence-electron chi connectivity index (χ3n) is 3.56. The number of amides is 2. The summed E-state index contributed by atoms with van der Waals surface area (Å²) in [6.45, 7) is 2.40. The number of thiophene rings is 1. The second kappa shape index (κ2) is 6.47. The molecule has 1 aliphatic rings. The van der Waals surface area contributed by atoms with E-state index in [0.29, 0.717) is 30.1 Å². The van der Waals surface area contributed by atoms with E-state index in [4.69, 9.17) is 9.88 Å². The lowest BCUT2D eigenvalue weighted by Crippen LogP contribution is -2.23. The Bertz CT molecular complexity index is 952. The summed E-state index contributed by atoms with van der Waals surface area (Å²) in [5.41, 5.74) is 1.60. The normalized spacial score (nSPS) is 14.5. The monoisotopic (exact) mass is 381 g/mol. The van der Waals surface area contributed by atoms with Crippen LogP contribution in [0.1, 0.15) is 15.2 Å². The maximum absolute atomic E-state index is 12.4. The van der Waals surface area contributed by atoms with Crippen LogP contribution in [0.25, 0.3) is 0 Å². The number of aryl methyl sites for hydroxylation is 1. The van der Waals surface area contributed by atoms with Gasteiger partial charge in [-0.05, 0) is 36.8 Å². The predicted molar refractivity (Wildman–Crippen MR) is 93.5 cm³/mol. The first-order chi connectivity index (χ1) is 11.8. The molecule has 0 atom stereocenters. The van der Waals surface area contributed by atoms with Gasteiger partial charge in [-0.1, -0.05) is 6.07 Å². The third-order valence-corrected chi connectivity index (χ3v) is 6.21. The minimum absolute atomic E-state index is 0.0660. The Kier molecular flexibility index (Phi) is 4.50. The number of cyclic esters (lactones) is 1. The Balaban J connectivity index is 1.82. The molecule has 2 aromatic rings. The molecule has 2 heterocycles. The molecule has 8 nitrogen and oxygen atoms in total. The molecule has 0 radical (unpaired) electrons. The smallest absolute Gasteiger partial charge is 0.414 e. The molecule has 3 N–H and O–H groups in total. The number of nitrogens with one attached hydrogen (secondary N) is 1. The van der Waals surface area contributed by atoms with Gasteiger partial charge >= 0.3 is 6.09 Å². The molecule has 25 heavy (non-hydrogen) atoms. The van der Waals surface area contributed by atoms with E-state index in [1.54, 1.807) is 31.2 Å². The highest BCUT2D eigenvalue weighted by Crippen LogP contribution is 2.27. The third kappa shape index (κ3) is 3.65. The van der Waals surface area contributed by atoms with Gasteiger partial charge in [0.1, 0.15) is 10.8 Å². The van der Waals surface area contributed by atoms with Crippen LogP contribution in [-0.2, 0) is 14.8 Å². The fraction of sp³-hybridized carbons (Fsp3) is 0.200. The summed E-state index contributed by atoms with van der Waals surface area (Å²) in [7, 11) is -3.85. The number of benzene rings is 1. The maximum Gasteiger partial charge on any atom is 0.414 e. The molecule has 1 aliphatic heterocycles. The summed E-state index contributed by atoms with van der Waals surface area (Å²) in [6, 6.07) is 8.12. The molecule has 0 unspecified atom stereocenters. The number of rotatable bonds is 4. The largest absolute Gasteiger partial charge is 0.447 e. The van der Waals surface area contributed by atoms with E-state index in [0.717, 1.165) is 11.3 Å². The van der Waals surface area contributed by atoms with Crippen molar-refractivity contribution in [2.75, 3.05) is 23.4 Å². The van der Waals surface area contributed by atoms with Crippen molar-refractivity contribution in [3.63, 3.8) is 0 Å². The Hall–Kier alpha value is -2.43. The fourth-order valence-electron chi connectivity index (χ4n) is 2.39. The summed E-state index contributed by atoms with van der Waals surface area (Å²) in [5, 5.41) is 7.80. The van der Waals surface area contributed by atoms with Crippen molar-refractivity contribution in [1.29, 1.82) is 0 Å². The van der Waals surface area contributed by atoms with Crippen LogP contribution in [0, 0.1) is 6.92 Å². The van der Waals surface area contributed by atoms with E-state index < -0.39 is 22.0 Å². The van der Waals surface area contributed by atoms with E-state index in [9.17, 15) is 18.0 Å². The average molecular weight is 381 g/mol. The minimum Gasteiger partial charge on any atom is -0.447 e. The van der Waals surface area contributed by atoms with E-state index in [1.165, 1.54) is 11.0 Å². The van der Waals surface area contributed by atoms with Gasteiger partial charge in [-0.15, -0.1) is 11.3 Å². The molecular weight excluding hydrogens is 366 g/mol. The molecule has 0 bridgehead atoms. The van der Waals surface area contributed by atoms with Crippen LogP contribution in [0.4, 0.5) is 16.2 Å². The summed E-state index contributed by atoms with van der Waals surface area (Å²) in [5.74, 6) is -0.446. The van der Waals surface area contributed by atoms with Gasteiger partial charge in [-0.3, -0.25) is 9.69 Å². The zero-order chi connectivity index (χ0) is 18.2. The molecule has 132 valence electrons. The van der Waals surface area contributed by atoms with Crippen molar-refractivity contribution >= 4 is 44.7 Å². The molecule has 1 aromatic heterocycles. The SMILES string of the molecule is Cc1cc(S(N)(=O)=O)sc1C(=O)Nc1cccc(N2CCOC2=O)c1. The van der Waals surface area contributed by atoms with E-state index in [1.807, 2.05) is 0 Å². The number of hydrogen-bond donors (Lipinski definition) is 2. The zero-order valence-corrected chi connectivity index (χ0v) is 14.8. The first-order valence-corrected chi connectivity index (χ1v) is 9.61. The summed E-state index contributed by atoms with van der Waals surface area (Å²) in [4.78, 5) is 25.8. The van der Waals surface area contributed by atoms with E-state index in [2.05, 4.69) is 5.32 Å². The topological polar surface area (TPSA) is 119 Å². The standard InChI is InChI=1S/C15H15N3O5S2/c1-9-7-12(25(16,21)22)24-13(9)14(19)17-10-3-2-4-11(8-10)18-5-6-23-15(18)20/h2-4,7-8H,5-6H2,1H3,(H,17,19)(H2,16,21,22). The second-order valence-corrected chi connectivity index (χ2v) is 8.23. The Morgan fingerprint density at radius 3 is 2.72 bits per heavy atom. The number of primary sulfonamides is 1. The maximum atomic E-state index is 12.4. The van der Waals surface area contributed by atoms with Crippen molar-refractivity contribution in [2.45, 2.75) is 11.1 Å². The van der Waals surface area contributed by atoms with Crippen LogP contribution in [-0.4, -0.2) is 33.6 Å². The number of hydrogen-bond acceptors (Lipinski definition) is 6. The van der Waals surface area contributed by atoms with Gasteiger partial charge < -0.3 is 10.1 Å². The molecule has 10 heteroatoms. The van der Waals surface area contributed by atoms with Crippen LogP contribution in [0.3, 0.4) is 0 Å². The highest BCUT2D eigenvalue weighted by Gasteiger charge is 2.24. The van der Waals surface area contributed by atoms with Crippen LogP contribution < -0.4 is 15.4 Å². The summed E-state index contributed by atoms with van der Waals surface area (Å²) in [6.07, 6.45) is -0.435. The molecule has 0 spiro atoms. The van der Waals surface area contributed by atoms with Gasteiger partial charge in [0, 0.05) is 11.4 Å². The van der Waals surface area contributed by atoms with Gasteiger partial charge in [0.05, 0.1) is 11.4 Å². The number of nitrogens with zero attached hydrogens (tertiary/aromatic N) is 1. The molecule has 3 rings (SSSR count). The van der Waals surface area contributed by atoms with Crippen molar-refractivity contribution in [2.24, 2.45) is 5.14 Å². The molecular formula is C15H15N3O5S2. The van der Waals surface area contributed by atoms with Crippen LogP contribution in [0.15, 0.2) is 34.5 Å². The van der Waals surface area contributed by atoms with Crippen LogP contribution in [0.5, 0.6) is 0 Å². The highest BCUT2D eigenvalue weighted by molar-refractivity contribution is 7.91. The van der Waals surface area contributed by atoms with Gasteiger partial charge in [0.15, 0.2) is 0 Å². The number of carbonyl (C=O) groups is 2. The lowest BCUT2D eigenvalue weighted by molar-refractivity contribution is 0.103. The van der Waals surface area contributed by atoms with E-state index >= 15 is 0 Å². The van der Waals surface area contributed by atoms with Gasteiger partial charge in [-0.25, -0.2) is 18.4 Å². The molecule has 1 fully saturated rings. The summed E-state index contributed by atoms with van der Waals surface area (Å²) < 4.78 is 27.6. The minimum atomic E-state index is -3.85. The van der Waals surface area contributed by atoms with Gasteiger partial charge in [0.25, 0.3) is 5.91 Å².